The summed E-state index contributed by atoms with van der Waals surface area (Å²) in [4.78, 5) is 17.1. The van der Waals surface area contributed by atoms with Crippen molar-refractivity contribution >= 4 is 16.9 Å². The molecule has 0 atom stereocenters. The van der Waals surface area contributed by atoms with E-state index in [1.54, 1.807) is 12.1 Å². The Labute approximate surface area is 134 Å². The van der Waals surface area contributed by atoms with Gasteiger partial charge in [-0.1, -0.05) is 0 Å². The average Bonchev–Trinajstić information content (AvgIpc) is 2.58. The third-order valence-corrected chi connectivity index (χ3v) is 3.46. The number of hydrazine groups is 1. The van der Waals surface area contributed by atoms with Gasteiger partial charge in [-0.3, -0.25) is 14.8 Å². The molecule has 23 heavy (non-hydrogen) atoms. The molecule has 0 bridgehead atoms. The van der Waals surface area contributed by atoms with Crippen molar-refractivity contribution in [3.05, 3.63) is 22.5 Å². The number of nitrogen functional groups attached to an aromatic ring is 1. The summed E-state index contributed by atoms with van der Waals surface area (Å²) in [6.45, 7) is 3.59. The number of ether oxygens (including phenoxy) is 3. The van der Waals surface area contributed by atoms with Gasteiger partial charge in [-0.25, -0.2) is 10.8 Å². The van der Waals surface area contributed by atoms with Gasteiger partial charge in [0.05, 0.1) is 25.1 Å². The molecule has 0 unspecified atom stereocenters. The molecule has 2 aromatic rings. The number of fused-ring (bicyclic) bond motifs is 1. The van der Waals surface area contributed by atoms with Gasteiger partial charge in [0.1, 0.15) is 0 Å². The number of nitrogens with one attached hydrogen (secondary N) is 1. The normalized spacial score (nSPS) is 10.8. The SMILES string of the molecule is CCOCCCn1c(NN)nc2cc(OC)c(OC)cc2c1=O. The first-order chi connectivity index (χ1) is 11.2. The predicted octanol–water partition coefficient (Wildman–Crippen LogP) is 1.13. The summed E-state index contributed by atoms with van der Waals surface area (Å²) in [6, 6.07) is 3.28. The maximum Gasteiger partial charge on any atom is 0.262 e. The number of rotatable bonds is 8. The summed E-state index contributed by atoms with van der Waals surface area (Å²) in [5, 5.41) is 0.443. The second-order valence-electron chi connectivity index (χ2n) is 4.81. The molecule has 1 aromatic carbocycles. The molecule has 3 N–H and O–H groups in total. The standard InChI is InChI=1S/C15H22N4O4/c1-4-23-7-5-6-19-14(20)10-8-12(21-2)13(22-3)9-11(10)17-15(19)18-16/h8-9H,4-7,16H2,1-3H3,(H,17,18). The van der Waals surface area contributed by atoms with Crippen LogP contribution < -0.4 is 26.3 Å². The molecule has 0 aliphatic heterocycles. The van der Waals surface area contributed by atoms with Crippen molar-refractivity contribution in [2.45, 2.75) is 19.9 Å². The molecule has 0 spiro atoms. The summed E-state index contributed by atoms with van der Waals surface area (Å²) in [5.41, 5.74) is 2.77. The van der Waals surface area contributed by atoms with Crippen molar-refractivity contribution in [3.63, 3.8) is 0 Å². The van der Waals surface area contributed by atoms with E-state index in [1.165, 1.54) is 18.8 Å². The maximum atomic E-state index is 12.7. The molecular weight excluding hydrogens is 300 g/mol. The molecule has 8 nitrogen and oxygen atoms in total. The van der Waals surface area contributed by atoms with E-state index >= 15 is 0 Å². The fraction of sp³-hybridized carbons (Fsp3) is 0.467. The second kappa shape index (κ2) is 7.80. The second-order valence-corrected chi connectivity index (χ2v) is 4.81. The highest BCUT2D eigenvalue weighted by molar-refractivity contribution is 5.82. The number of nitrogens with zero attached hydrogens (tertiary/aromatic N) is 2. The summed E-state index contributed by atoms with van der Waals surface area (Å²) in [6.07, 6.45) is 0.683. The monoisotopic (exact) mass is 322 g/mol. The fourth-order valence-electron chi connectivity index (χ4n) is 2.33. The zero-order valence-electron chi connectivity index (χ0n) is 13.6. The zero-order valence-corrected chi connectivity index (χ0v) is 13.6. The molecule has 126 valence electrons. The van der Waals surface area contributed by atoms with E-state index in [9.17, 15) is 4.79 Å². The molecule has 1 aromatic heterocycles. The highest BCUT2D eigenvalue weighted by Crippen LogP contribution is 2.30. The first-order valence-corrected chi connectivity index (χ1v) is 7.37. The Morgan fingerprint density at radius 2 is 1.96 bits per heavy atom. The highest BCUT2D eigenvalue weighted by Gasteiger charge is 2.14. The molecular formula is C15H22N4O4. The van der Waals surface area contributed by atoms with E-state index in [1.807, 2.05) is 6.92 Å². The van der Waals surface area contributed by atoms with Gasteiger partial charge in [-0.05, 0) is 19.4 Å². The van der Waals surface area contributed by atoms with Crippen LogP contribution in [0.5, 0.6) is 11.5 Å². The lowest BCUT2D eigenvalue weighted by Crippen LogP contribution is -2.27. The molecule has 0 saturated carbocycles. The van der Waals surface area contributed by atoms with Gasteiger partial charge in [0.2, 0.25) is 5.95 Å². The molecule has 1 heterocycles. The summed E-state index contributed by atoms with van der Waals surface area (Å²) in [7, 11) is 3.05. The predicted molar refractivity (Wildman–Crippen MR) is 88.0 cm³/mol. The fourth-order valence-corrected chi connectivity index (χ4v) is 2.33. The van der Waals surface area contributed by atoms with Crippen molar-refractivity contribution in [2.24, 2.45) is 5.84 Å². The maximum absolute atomic E-state index is 12.7. The lowest BCUT2D eigenvalue weighted by atomic mass is 10.2. The number of anilines is 1. The van der Waals surface area contributed by atoms with Crippen molar-refractivity contribution < 1.29 is 14.2 Å². The van der Waals surface area contributed by atoms with Crippen LogP contribution in [0.3, 0.4) is 0 Å². The van der Waals surface area contributed by atoms with E-state index in [0.29, 0.717) is 54.5 Å². The number of aromatic nitrogens is 2. The Bertz CT molecular complexity index is 729. The van der Waals surface area contributed by atoms with Gasteiger partial charge in [-0.15, -0.1) is 0 Å². The Kier molecular flexibility index (Phi) is 5.78. The van der Waals surface area contributed by atoms with Gasteiger partial charge in [0, 0.05) is 25.8 Å². The van der Waals surface area contributed by atoms with E-state index in [0.717, 1.165) is 0 Å². The van der Waals surface area contributed by atoms with Crippen molar-refractivity contribution in [2.75, 3.05) is 32.9 Å². The molecule has 8 heteroatoms. The van der Waals surface area contributed by atoms with Crippen molar-refractivity contribution in [3.8, 4) is 11.5 Å². The molecule has 0 fully saturated rings. The lowest BCUT2D eigenvalue weighted by Gasteiger charge is -2.14. The quantitative estimate of drug-likeness (QED) is 0.427. The smallest absolute Gasteiger partial charge is 0.262 e. The summed E-state index contributed by atoms with van der Waals surface area (Å²) >= 11 is 0. The van der Waals surface area contributed by atoms with Gasteiger partial charge >= 0.3 is 0 Å². The molecule has 0 aliphatic carbocycles. The van der Waals surface area contributed by atoms with Crippen LogP contribution in [-0.2, 0) is 11.3 Å². The van der Waals surface area contributed by atoms with Crippen LogP contribution in [0.2, 0.25) is 0 Å². The number of methoxy groups -OCH3 is 2. The largest absolute Gasteiger partial charge is 0.493 e. The minimum absolute atomic E-state index is 0.194. The third-order valence-electron chi connectivity index (χ3n) is 3.46. The van der Waals surface area contributed by atoms with Gasteiger partial charge in [0.15, 0.2) is 11.5 Å². The van der Waals surface area contributed by atoms with Gasteiger partial charge in [0.25, 0.3) is 5.56 Å². The van der Waals surface area contributed by atoms with Crippen LogP contribution >= 0.6 is 0 Å². The Morgan fingerprint density at radius 3 is 2.57 bits per heavy atom. The van der Waals surface area contributed by atoms with Crippen LogP contribution in [-0.4, -0.2) is 37.0 Å². The van der Waals surface area contributed by atoms with E-state index in [4.69, 9.17) is 20.1 Å². The minimum atomic E-state index is -0.194. The van der Waals surface area contributed by atoms with E-state index in [-0.39, 0.29) is 5.56 Å². The van der Waals surface area contributed by atoms with E-state index in [2.05, 4.69) is 10.4 Å². The molecule has 0 saturated heterocycles. The van der Waals surface area contributed by atoms with Crippen LogP contribution in [0, 0.1) is 0 Å². The van der Waals surface area contributed by atoms with Crippen molar-refractivity contribution in [1.82, 2.24) is 9.55 Å². The Morgan fingerprint density at radius 1 is 1.26 bits per heavy atom. The van der Waals surface area contributed by atoms with Crippen LogP contribution in [0.4, 0.5) is 5.95 Å². The molecule has 0 radical (unpaired) electrons. The average molecular weight is 322 g/mol. The van der Waals surface area contributed by atoms with Crippen LogP contribution in [0.1, 0.15) is 13.3 Å². The van der Waals surface area contributed by atoms with E-state index < -0.39 is 0 Å². The summed E-state index contributed by atoms with van der Waals surface area (Å²) < 4.78 is 17.3. The number of benzene rings is 1. The van der Waals surface area contributed by atoms with Crippen molar-refractivity contribution in [1.29, 1.82) is 0 Å². The number of hydrogen-bond acceptors (Lipinski definition) is 7. The molecule has 2 rings (SSSR count). The van der Waals surface area contributed by atoms with Crippen LogP contribution in [0.25, 0.3) is 10.9 Å². The zero-order chi connectivity index (χ0) is 16.8. The highest BCUT2D eigenvalue weighted by atomic mass is 16.5. The van der Waals surface area contributed by atoms with Crippen LogP contribution in [0.15, 0.2) is 16.9 Å². The first-order valence-electron chi connectivity index (χ1n) is 7.37. The molecule has 0 aliphatic rings. The lowest BCUT2D eigenvalue weighted by molar-refractivity contribution is 0.141. The van der Waals surface area contributed by atoms with Gasteiger partial charge < -0.3 is 14.2 Å². The summed E-state index contributed by atoms with van der Waals surface area (Å²) in [5.74, 6) is 6.79. The minimum Gasteiger partial charge on any atom is -0.493 e. The first kappa shape index (κ1) is 17.0. The Balaban J connectivity index is 2.50. The topological polar surface area (TPSA) is 101 Å². The molecule has 0 amide bonds. The number of hydrogen-bond donors (Lipinski definition) is 2. The third kappa shape index (κ3) is 3.54. The van der Waals surface area contributed by atoms with Gasteiger partial charge in [-0.2, -0.15) is 0 Å². The Hall–Kier alpha value is -2.32. The number of nitrogens with two attached hydrogens (primary N) is 1.